The van der Waals surface area contributed by atoms with Gasteiger partial charge in [-0.1, -0.05) is 0 Å². The molecule has 0 bridgehead atoms. The van der Waals surface area contributed by atoms with Crippen LogP contribution in [0.1, 0.15) is 80.0 Å². The largest absolute Gasteiger partial charge is 0.443 e. The molecule has 5 rings (SSSR count). The van der Waals surface area contributed by atoms with Gasteiger partial charge in [-0.2, -0.15) is 4.90 Å². The maximum absolute atomic E-state index is 14.2. The Kier molecular flexibility index (Phi) is 10.3. The summed E-state index contributed by atoms with van der Waals surface area (Å²) in [5.41, 5.74) is -0.147. The van der Waals surface area contributed by atoms with Gasteiger partial charge in [0.25, 0.3) is 0 Å². The number of piperazine rings is 1. The van der Waals surface area contributed by atoms with E-state index in [0.717, 1.165) is 36.8 Å². The van der Waals surface area contributed by atoms with E-state index >= 15 is 0 Å². The van der Waals surface area contributed by atoms with Gasteiger partial charge in [0.2, 0.25) is 0 Å². The fourth-order valence-corrected chi connectivity index (χ4v) is 5.57. The fraction of sp³-hybridized carbons (Fsp3) is 0.500. The predicted octanol–water partition coefficient (Wildman–Crippen LogP) is 6.10. The SMILES string of the molecule is CN1C(c2cncc(N(C(=O)OC(C)(C)C)C(=O)OC(C)(C)C)n2)=Cn2ccnc2C1N(C(=O)OC(C)(C)C)c1ccc(N2CCNCC2)cc1. The normalized spacial score (nSPS) is 16.5. The van der Waals surface area contributed by atoms with Crippen LogP contribution in [-0.4, -0.2) is 92.7 Å². The molecule has 0 spiro atoms. The summed E-state index contributed by atoms with van der Waals surface area (Å²) in [4.78, 5) is 61.1. The van der Waals surface area contributed by atoms with Crippen LogP contribution in [0.4, 0.5) is 31.6 Å². The Labute approximate surface area is 299 Å². The number of anilines is 3. The molecule has 2 aliphatic heterocycles. The van der Waals surface area contributed by atoms with Crippen molar-refractivity contribution in [3.05, 3.63) is 60.6 Å². The van der Waals surface area contributed by atoms with Gasteiger partial charge in [-0.25, -0.2) is 29.3 Å². The van der Waals surface area contributed by atoms with Crippen molar-refractivity contribution in [2.45, 2.75) is 85.3 Å². The first-order valence-corrected chi connectivity index (χ1v) is 17.0. The van der Waals surface area contributed by atoms with Crippen molar-refractivity contribution >= 4 is 47.4 Å². The molecule has 0 saturated carbocycles. The molecule has 2 aromatic heterocycles. The minimum atomic E-state index is -0.968. The van der Waals surface area contributed by atoms with Crippen LogP contribution in [0, 0.1) is 0 Å². The third kappa shape index (κ3) is 8.95. The number of ether oxygens (including phenoxy) is 3. The van der Waals surface area contributed by atoms with Crippen molar-refractivity contribution in [2.75, 3.05) is 47.9 Å². The summed E-state index contributed by atoms with van der Waals surface area (Å²) >= 11 is 0. The number of hydrogen-bond acceptors (Lipinski definition) is 12. The molecule has 274 valence electrons. The number of benzene rings is 1. The van der Waals surface area contributed by atoms with Gasteiger partial charge in [0.1, 0.15) is 22.5 Å². The second-order valence-electron chi connectivity index (χ2n) is 15.4. The number of fused-ring (bicyclic) bond motifs is 1. The molecule has 4 heterocycles. The zero-order chi connectivity index (χ0) is 37.3. The molecule has 1 fully saturated rings. The summed E-state index contributed by atoms with van der Waals surface area (Å²) < 4.78 is 18.9. The number of carbonyl (C=O) groups is 3. The Morgan fingerprint density at radius 3 is 1.96 bits per heavy atom. The van der Waals surface area contributed by atoms with E-state index in [0.29, 0.717) is 22.9 Å². The Morgan fingerprint density at radius 1 is 0.824 bits per heavy atom. The topological polar surface area (TPSA) is 147 Å². The zero-order valence-corrected chi connectivity index (χ0v) is 31.1. The summed E-state index contributed by atoms with van der Waals surface area (Å²) in [6, 6.07) is 7.81. The molecule has 1 unspecified atom stereocenters. The van der Waals surface area contributed by atoms with Gasteiger partial charge in [0, 0.05) is 63.2 Å². The molecular formula is C36H49N9O6. The van der Waals surface area contributed by atoms with Crippen LogP contribution >= 0.6 is 0 Å². The summed E-state index contributed by atoms with van der Waals surface area (Å²) in [5, 5.41) is 3.37. The Bertz CT molecular complexity index is 1730. The number of rotatable bonds is 5. The van der Waals surface area contributed by atoms with Crippen LogP contribution in [0.3, 0.4) is 0 Å². The molecule has 1 atom stereocenters. The van der Waals surface area contributed by atoms with Gasteiger partial charge in [-0.05, 0) is 86.6 Å². The predicted molar refractivity (Wildman–Crippen MR) is 194 cm³/mol. The van der Waals surface area contributed by atoms with Gasteiger partial charge in [-0.15, -0.1) is 0 Å². The van der Waals surface area contributed by atoms with Gasteiger partial charge in [-0.3, -0.25) is 4.98 Å². The molecule has 15 heteroatoms. The molecule has 0 aliphatic carbocycles. The van der Waals surface area contributed by atoms with Crippen molar-refractivity contribution in [2.24, 2.45) is 0 Å². The number of imidazole rings is 1. The number of carbonyl (C=O) groups excluding carboxylic acids is 3. The highest BCUT2D eigenvalue weighted by Crippen LogP contribution is 2.39. The minimum absolute atomic E-state index is 0.106. The molecule has 3 amide bonds. The number of nitrogens with zero attached hydrogens (tertiary/aromatic N) is 8. The number of amides is 3. The lowest BCUT2D eigenvalue weighted by atomic mass is 10.1. The Morgan fingerprint density at radius 2 is 1.39 bits per heavy atom. The standard InChI is InChI=1S/C36H49N9O6/c1-34(2,3)49-31(46)44(25-13-11-24(12-14-25)42-18-15-37-16-19-42)30-29-39-17-20-43(29)23-27(41(30)10)26-21-38-22-28(40-26)45(32(47)50-35(4,5)6)33(48)51-36(7,8)9/h11-14,17,20-23,30,37H,15-16,18-19H2,1-10H3. The van der Waals surface area contributed by atoms with Crippen LogP contribution < -0.4 is 20.0 Å². The monoisotopic (exact) mass is 703 g/mol. The highest BCUT2D eigenvalue weighted by molar-refractivity contribution is 6.08. The first kappa shape index (κ1) is 37.1. The highest BCUT2D eigenvalue weighted by atomic mass is 16.6. The van der Waals surface area contributed by atoms with Crippen LogP contribution in [0.15, 0.2) is 49.1 Å². The average Bonchev–Trinajstić information content (AvgIpc) is 3.49. The second kappa shape index (κ2) is 14.2. The molecular weight excluding hydrogens is 654 g/mol. The fourth-order valence-electron chi connectivity index (χ4n) is 5.57. The summed E-state index contributed by atoms with van der Waals surface area (Å²) in [6.45, 7) is 19.2. The van der Waals surface area contributed by atoms with Gasteiger partial charge in [0.05, 0.1) is 18.1 Å². The molecule has 51 heavy (non-hydrogen) atoms. The molecule has 0 radical (unpaired) electrons. The quantitative estimate of drug-likeness (QED) is 0.306. The van der Waals surface area contributed by atoms with Crippen molar-refractivity contribution in [1.82, 2.24) is 29.7 Å². The lowest BCUT2D eigenvalue weighted by molar-refractivity contribution is 0.0426. The van der Waals surface area contributed by atoms with Crippen LogP contribution in [0.25, 0.3) is 11.9 Å². The first-order chi connectivity index (χ1) is 23.8. The number of aromatic nitrogens is 4. The molecule has 1 aromatic carbocycles. The second-order valence-corrected chi connectivity index (χ2v) is 15.4. The van der Waals surface area contributed by atoms with Crippen LogP contribution in [-0.2, 0) is 14.2 Å². The highest BCUT2D eigenvalue weighted by Gasteiger charge is 2.40. The maximum Gasteiger partial charge on any atom is 0.425 e. The lowest BCUT2D eigenvalue weighted by Gasteiger charge is -2.41. The number of nitrogens with one attached hydrogen (secondary N) is 1. The van der Waals surface area contributed by atoms with Gasteiger partial charge >= 0.3 is 18.3 Å². The van der Waals surface area contributed by atoms with Crippen molar-refractivity contribution in [3.63, 3.8) is 0 Å². The van der Waals surface area contributed by atoms with E-state index in [-0.39, 0.29) is 5.82 Å². The molecule has 1 saturated heterocycles. The molecule has 3 aromatic rings. The Hall–Kier alpha value is -5.18. The molecule has 2 aliphatic rings. The van der Waals surface area contributed by atoms with E-state index in [2.05, 4.69) is 20.2 Å². The lowest BCUT2D eigenvalue weighted by Crippen LogP contribution is -2.47. The van der Waals surface area contributed by atoms with Crippen molar-refractivity contribution < 1.29 is 28.6 Å². The molecule has 15 nitrogen and oxygen atoms in total. The molecule has 1 N–H and O–H groups in total. The van der Waals surface area contributed by atoms with E-state index in [9.17, 15) is 14.4 Å². The van der Waals surface area contributed by atoms with E-state index in [1.54, 1.807) is 76.7 Å². The van der Waals surface area contributed by atoms with E-state index < -0.39 is 41.2 Å². The summed E-state index contributed by atoms with van der Waals surface area (Å²) in [7, 11) is 1.80. The van der Waals surface area contributed by atoms with E-state index in [4.69, 9.17) is 19.2 Å². The average molecular weight is 704 g/mol. The van der Waals surface area contributed by atoms with Gasteiger partial charge < -0.3 is 33.9 Å². The maximum atomic E-state index is 14.2. The third-order valence-electron chi connectivity index (χ3n) is 7.65. The number of imide groups is 1. The van der Waals surface area contributed by atoms with Crippen molar-refractivity contribution in [3.8, 4) is 0 Å². The zero-order valence-electron chi connectivity index (χ0n) is 31.1. The summed E-state index contributed by atoms with van der Waals surface area (Å²) in [5.74, 6) is 0.442. The van der Waals surface area contributed by atoms with Crippen LogP contribution in [0.2, 0.25) is 0 Å². The van der Waals surface area contributed by atoms with E-state index in [1.165, 1.54) is 12.4 Å². The number of hydrogen-bond donors (Lipinski definition) is 1. The van der Waals surface area contributed by atoms with Crippen LogP contribution in [0.5, 0.6) is 0 Å². The van der Waals surface area contributed by atoms with Gasteiger partial charge in [0.15, 0.2) is 17.8 Å². The van der Waals surface area contributed by atoms with E-state index in [1.807, 2.05) is 49.9 Å². The Balaban J connectivity index is 1.57. The smallest absolute Gasteiger partial charge is 0.425 e. The third-order valence-corrected chi connectivity index (χ3v) is 7.65. The van der Waals surface area contributed by atoms with Crippen molar-refractivity contribution in [1.29, 1.82) is 0 Å². The minimum Gasteiger partial charge on any atom is -0.443 e. The summed E-state index contributed by atoms with van der Waals surface area (Å²) in [6.07, 6.45) is 4.67. The first-order valence-electron chi connectivity index (χ1n) is 17.0.